The first-order valence-electron chi connectivity index (χ1n) is 4.37. The van der Waals surface area contributed by atoms with E-state index in [0.717, 1.165) is 16.7 Å². The van der Waals surface area contributed by atoms with Gasteiger partial charge in [-0.15, -0.1) is 0 Å². The molecule has 1 unspecified atom stereocenters. The zero-order chi connectivity index (χ0) is 10.4. The van der Waals surface area contributed by atoms with E-state index in [9.17, 15) is 0 Å². The summed E-state index contributed by atoms with van der Waals surface area (Å²) in [4.78, 5) is 7.93. The molecule has 0 aliphatic carbocycles. The van der Waals surface area contributed by atoms with E-state index in [1.165, 1.54) is 6.33 Å². The largest absolute Gasteiger partial charge is 0.365 e. The minimum absolute atomic E-state index is 0.145. The zero-order valence-electron chi connectivity index (χ0n) is 7.87. The number of anilines is 1. The Morgan fingerprint density at radius 1 is 1.71 bits per heavy atom. The van der Waals surface area contributed by atoms with Gasteiger partial charge in [0.1, 0.15) is 12.1 Å². The average molecular weight is 255 g/mol. The van der Waals surface area contributed by atoms with Crippen molar-refractivity contribution in [2.45, 2.75) is 25.8 Å². The standard InChI is InChI=1S/C9H11BrN4/c1-2-7(3-4-11)14-9-8(10)5-12-6-13-9/h5-7H,2-3H2,1H3,(H,12,13,14). The minimum Gasteiger partial charge on any atom is -0.365 e. The zero-order valence-corrected chi connectivity index (χ0v) is 9.45. The highest BCUT2D eigenvalue weighted by Gasteiger charge is 2.08. The first-order chi connectivity index (χ1) is 6.77. The smallest absolute Gasteiger partial charge is 0.143 e. The molecule has 14 heavy (non-hydrogen) atoms. The van der Waals surface area contributed by atoms with Crippen molar-refractivity contribution >= 4 is 21.7 Å². The lowest BCUT2D eigenvalue weighted by molar-refractivity contribution is 0.706. The van der Waals surface area contributed by atoms with Crippen LogP contribution in [0.1, 0.15) is 19.8 Å². The molecule has 1 atom stereocenters. The lowest BCUT2D eigenvalue weighted by atomic mass is 10.2. The lowest BCUT2D eigenvalue weighted by Gasteiger charge is -2.14. The monoisotopic (exact) mass is 254 g/mol. The molecule has 1 heterocycles. The summed E-state index contributed by atoms with van der Waals surface area (Å²) in [5.41, 5.74) is 0. The molecule has 1 aromatic heterocycles. The van der Waals surface area contributed by atoms with Gasteiger partial charge in [0.2, 0.25) is 0 Å². The van der Waals surface area contributed by atoms with Gasteiger partial charge in [-0.1, -0.05) is 6.92 Å². The van der Waals surface area contributed by atoms with Crippen molar-refractivity contribution in [1.82, 2.24) is 9.97 Å². The van der Waals surface area contributed by atoms with Gasteiger partial charge in [-0.3, -0.25) is 0 Å². The number of aromatic nitrogens is 2. The molecule has 0 fully saturated rings. The maximum absolute atomic E-state index is 8.58. The van der Waals surface area contributed by atoms with E-state index >= 15 is 0 Å². The van der Waals surface area contributed by atoms with Crippen LogP contribution >= 0.6 is 15.9 Å². The summed E-state index contributed by atoms with van der Waals surface area (Å²) in [6.07, 6.45) is 4.53. The van der Waals surface area contributed by atoms with Gasteiger partial charge < -0.3 is 5.32 Å². The molecule has 0 saturated heterocycles. The van der Waals surface area contributed by atoms with Gasteiger partial charge in [-0.05, 0) is 22.4 Å². The second-order valence-corrected chi connectivity index (χ2v) is 3.69. The summed E-state index contributed by atoms with van der Waals surface area (Å²) in [5.74, 6) is 0.738. The Kier molecular flexibility index (Phi) is 4.33. The van der Waals surface area contributed by atoms with Gasteiger partial charge in [0, 0.05) is 12.2 Å². The predicted molar refractivity (Wildman–Crippen MR) is 57.7 cm³/mol. The summed E-state index contributed by atoms with van der Waals surface area (Å²) in [5, 5.41) is 11.8. The van der Waals surface area contributed by atoms with Crippen molar-refractivity contribution in [3.63, 3.8) is 0 Å². The van der Waals surface area contributed by atoms with Crippen molar-refractivity contribution in [1.29, 1.82) is 5.26 Å². The molecular weight excluding hydrogens is 244 g/mol. The molecule has 0 spiro atoms. The van der Waals surface area contributed by atoms with Crippen LogP contribution in [0.4, 0.5) is 5.82 Å². The quantitative estimate of drug-likeness (QED) is 0.896. The van der Waals surface area contributed by atoms with Gasteiger partial charge in [0.15, 0.2) is 0 Å². The number of hydrogen-bond donors (Lipinski definition) is 1. The molecule has 5 heteroatoms. The summed E-state index contributed by atoms with van der Waals surface area (Å²) in [6, 6.07) is 2.28. The fourth-order valence-corrected chi connectivity index (χ4v) is 1.35. The second-order valence-electron chi connectivity index (χ2n) is 2.83. The molecule has 0 bridgehead atoms. The maximum Gasteiger partial charge on any atom is 0.143 e. The third kappa shape index (κ3) is 2.96. The van der Waals surface area contributed by atoms with Gasteiger partial charge in [0.05, 0.1) is 17.0 Å². The highest BCUT2D eigenvalue weighted by atomic mass is 79.9. The normalized spacial score (nSPS) is 11.8. The van der Waals surface area contributed by atoms with E-state index in [4.69, 9.17) is 5.26 Å². The fraction of sp³-hybridized carbons (Fsp3) is 0.444. The molecule has 0 aromatic carbocycles. The van der Waals surface area contributed by atoms with Crippen molar-refractivity contribution < 1.29 is 0 Å². The summed E-state index contributed by atoms with van der Waals surface area (Å²) >= 11 is 3.33. The van der Waals surface area contributed by atoms with Gasteiger partial charge in [0.25, 0.3) is 0 Å². The molecule has 74 valence electrons. The first kappa shape index (κ1) is 10.9. The van der Waals surface area contributed by atoms with Crippen LogP contribution in [0, 0.1) is 11.3 Å². The lowest BCUT2D eigenvalue weighted by Crippen LogP contribution is -2.18. The van der Waals surface area contributed by atoms with Gasteiger partial charge in [-0.2, -0.15) is 5.26 Å². The molecule has 1 rings (SSSR count). The number of nitrogens with zero attached hydrogens (tertiary/aromatic N) is 3. The predicted octanol–water partition coefficient (Wildman–Crippen LogP) is 2.34. The topological polar surface area (TPSA) is 61.6 Å². The number of nitrogens with one attached hydrogen (secondary N) is 1. The van der Waals surface area contributed by atoms with E-state index in [1.807, 2.05) is 6.92 Å². The van der Waals surface area contributed by atoms with Crippen molar-refractivity contribution in [3.8, 4) is 6.07 Å². The molecule has 0 amide bonds. The minimum atomic E-state index is 0.145. The highest BCUT2D eigenvalue weighted by Crippen LogP contribution is 2.19. The number of rotatable bonds is 4. The Labute approximate surface area is 91.5 Å². The summed E-state index contributed by atoms with van der Waals surface area (Å²) in [7, 11) is 0. The summed E-state index contributed by atoms with van der Waals surface area (Å²) in [6.45, 7) is 2.03. The Hall–Kier alpha value is -1.15. The van der Waals surface area contributed by atoms with Crippen LogP contribution in [-0.2, 0) is 0 Å². The van der Waals surface area contributed by atoms with Crippen LogP contribution < -0.4 is 5.32 Å². The van der Waals surface area contributed by atoms with Crippen LogP contribution in [0.25, 0.3) is 0 Å². The number of nitriles is 1. The maximum atomic E-state index is 8.58. The third-order valence-corrected chi connectivity index (χ3v) is 2.42. The highest BCUT2D eigenvalue weighted by molar-refractivity contribution is 9.10. The molecule has 4 nitrogen and oxygen atoms in total. The molecule has 0 aliphatic heterocycles. The molecular formula is C9H11BrN4. The van der Waals surface area contributed by atoms with Crippen LogP contribution in [0.3, 0.4) is 0 Å². The second kappa shape index (κ2) is 5.55. The molecule has 1 aromatic rings. The summed E-state index contributed by atoms with van der Waals surface area (Å²) < 4.78 is 0.816. The van der Waals surface area contributed by atoms with E-state index < -0.39 is 0 Å². The van der Waals surface area contributed by atoms with E-state index in [2.05, 4.69) is 37.3 Å². The number of hydrogen-bond acceptors (Lipinski definition) is 4. The fourth-order valence-electron chi connectivity index (χ4n) is 1.02. The van der Waals surface area contributed by atoms with E-state index in [0.29, 0.717) is 6.42 Å². The Morgan fingerprint density at radius 2 is 2.50 bits per heavy atom. The van der Waals surface area contributed by atoms with Crippen molar-refractivity contribution in [3.05, 3.63) is 17.0 Å². The molecule has 0 saturated carbocycles. The van der Waals surface area contributed by atoms with E-state index in [-0.39, 0.29) is 6.04 Å². The molecule has 0 aliphatic rings. The van der Waals surface area contributed by atoms with Crippen molar-refractivity contribution in [2.75, 3.05) is 5.32 Å². The Morgan fingerprint density at radius 3 is 3.07 bits per heavy atom. The van der Waals surface area contributed by atoms with Crippen molar-refractivity contribution in [2.24, 2.45) is 0 Å². The van der Waals surface area contributed by atoms with Gasteiger partial charge in [-0.25, -0.2) is 9.97 Å². The Bertz CT molecular complexity index is 334. The van der Waals surface area contributed by atoms with Crippen LogP contribution in [0.5, 0.6) is 0 Å². The molecule has 0 radical (unpaired) electrons. The SMILES string of the molecule is CCC(CC#N)Nc1ncncc1Br. The first-order valence-corrected chi connectivity index (χ1v) is 5.16. The third-order valence-electron chi connectivity index (χ3n) is 1.84. The molecule has 1 N–H and O–H groups in total. The Balaban J connectivity index is 2.68. The average Bonchev–Trinajstić information content (AvgIpc) is 2.20. The van der Waals surface area contributed by atoms with Crippen LogP contribution in [-0.4, -0.2) is 16.0 Å². The van der Waals surface area contributed by atoms with Crippen LogP contribution in [0.2, 0.25) is 0 Å². The van der Waals surface area contributed by atoms with Crippen LogP contribution in [0.15, 0.2) is 17.0 Å². The number of halogens is 1. The van der Waals surface area contributed by atoms with Gasteiger partial charge >= 0.3 is 0 Å². The van der Waals surface area contributed by atoms with E-state index in [1.54, 1.807) is 6.20 Å².